The number of benzene rings is 1. The molecule has 112 valence electrons. The molecule has 0 bridgehead atoms. The lowest BCUT2D eigenvalue weighted by Crippen LogP contribution is -2.41. The number of halogens is 2. The summed E-state index contributed by atoms with van der Waals surface area (Å²) in [4.78, 5) is 23.8. The zero-order chi connectivity index (χ0) is 15.8. The summed E-state index contributed by atoms with van der Waals surface area (Å²) in [6.07, 6.45) is 1.46. The average molecular weight is 514 g/mol. The minimum absolute atomic E-state index is 0.119. The highest BCUT2D eigenvalue weighted by Crippen LogP contribution is 2.30. The Balaban J connectivity index is 2.40. The summed E-state index contributed by atoms with van der Waals surface area (Å²) in [6, 6.07) is 3.63. The van der Waals surface area contributed by atoms with Crippen LogP contribution in [0.1, 0.15) is 19.4 Å². The number of cyclic esters (lactones) is 2. The van der Waals surface area contributed by atoms with Crippen molar-refractivity contribution < 1.29 is 23.8 Å². The highest BCUT2D eigenvalue weighted by molar-refractivity contribution is 14.1. The molecule has 0 atom stereocenters. The SMILES string of the molecule is COc1c(I)cc(C=C2C(=O)OC(C)(C)OC2=O)cc1I. The second-order valence-corrected chi connectivity index (χ2v) is 7.08. The summed E-state index contributed by atoms with van der Waals surface area (Å²) in [5.41, 5.74) is 0.583. The highest BCUT2D eigenvalue weighted by atomic mass is 127. The van der Waals surface area contributed by atoms with Crippen LogP contribution in [0.2, 0.25) is 0 Å². The molecule has 2 rings (SSSR count). The van der Waals surface area contributed by atoms with E-state index in [1.165, 1.54) is 19.9 Å². The third-order valence-corrected chi connectivity index (χ3v) is 4.26. The molecule has 1 fully saturated rings. The summed E-state index contributed by atoms with van der Waals surface area (Å²) in [5.74, 6) is -1.84. The van der Waals surface area contributed by atoms with Gasteiger partial charge in [0.15, 0.2) is 0 Å². The van der Waals surface area contributed by atoms with Gasteiger partial charge in [0.25, 0.3) is 5.79 Å². The van der Waals surface area contributed by atoms with E-state index < -0.39 is 17.7 Å². The number of hydrogen-bond donors (Lipinski definition) is 0. The third-order valence-electron chi connectivity index (χ3n) is 2.65. The molecule has 0 unspecified atom stereocenters. The van der Waals surface area contributed by atoms with Gasteiger partial charge >= 0.3 is 11.9 Å². The number of carbonyl (C=O) groups is 2. The number of rotatable bonds is 2. The fourth-order valence-corrected chi connectivity index (χ4v) is 4.06. The van der Waals surface area contributed by atoms with Crippen molar-refractivity contribution in [2.24, 2.45) is 0 Å². The molecule has 0 radical (unpaired) electrons. The van der Waals surface area contributed by atoms with E-state index in [4.69, 9.17) is 14.2 Å². The molecular weight excluding hydrogens is 502 g/mol. The summed E-state index contributed by atoms with van der Waals surface area (Å²) in [6.45, 7) is 3.03. The Morgan fingerprint density at radius 1 is 1.10 bits per heavy atom. The van der Waals surface area contributed by atoms with E-state index in [0.29, 0.717) is 5.56 Å². The van der Waals surface area contributed by atoms with Crippen molar-refractivity contribution in [1.82, 2.24) is 0 Å². The van der Waals surface area contributed by atoms with Crippen LogP contribution in [0.25, 0.3) is 6.08 Å². The molecule has 1 heterocycles. The lowest BCUT2D eigenvalue weighted by Gasteiger charge is -2.29. The average Bonchev–Trinajstić information content (AvgIpc) is 2.32. The molecule has 5 nitrogen and oxygen atoms in total. The number of esters is 2. The van der Waals surface area contributed by atoms with Crippen LogP contribution in [0.4, 0.5) is 0 Å². The van der Waals surface area contributed by atoms with Gasteiger partial charge in [-0.05, 0) is 69.0 Å². The molecule has 1 saturated heterocycles. The van der Waals surface area contributed by atoms with Gasteiger partial charge in [0.2, 0.25) is 0 Å². The summed E-state index contributed by atoms with van der Waals surface area (Å²) < 4.78 is 17.1. The van der Waals surface area contributed by atoms with Gasteiger partial charge in [-0.25, -0.2) is 9.59 Å². The standard InChI is InChI=1S/C14H12I2O5/c1-14(2)20-12(17)8(13(18)21-14)4-7-5-9(15)11(19-3)10(16)6-7/h4-6H,1-3H3. The lowest BCUT2D eigenvalue weighted by molar-refractivity contribution is -0.222. The van der Waals surface area contributed by atoms with Gasteiger partial charge in [-0.3, -0.25) is 0 Å². The number of ether oxygens (including phenoxy) is 3. The lowest BCUT2D eigenvalue weighted by atomic mass is 10.1. The molecule has 0 saturated carbocycles. The van der Waals surface area contributed by atoms with E-state index >= 15 is 0 Å². The second-order valence-electron chi connectivity index (χ2n) is 4.75. The van der Waals surface area contributed by atoms with E-state index in [2.05, 4.69) is 45.2 Å². The molecule has 7 heteroatoms. The Labute approximate surface area is 149 Å². The number of hydrogen-bond acceptors (Lipinski definition) is 5. The van der Waals surface area contributed by atoms with Crippen LogP contribution in [-0.4, -0.2) is 24.8 Å². The predicted molar refractivity (Wildman–Crippen MR) is 92.7 cm³/mol. The molecule has 0 N–H and O–H groups in total. The highest BCUT2D eigenvalue weighted by Gasteiger charge is 2.38. The summed E-state index contributed by atoms with van der Waals surface area (Å²) >= 11 is 4.26. The van der Waals surface area contributed by atoms with Crippen LogP contribution >= 0.6 is 45.2 Å². The van der Waals surface area contributed by atoms with Crippen LogP contribution in [0.3, 0.4) is 0 Å². The fourth-order valence-electron chi connectivity index (χ4n) is 1.80. The second kappa shape index (κ2) is 6.11. The predicted octanol–water partition coefficient (Wildman–Crippen LogP) is 3.12. The zero-order valence-electron chi connectivity index (χ0n) is 11.5. The van der Waals surface area contributed by atoms with Crippen LogP contribution in [0.5, 0.6) is 5.75 Å². The molecule has 21 heavy (non-hydrogen) atoms. The van der Waals surface area contributed by atoms with E-state index in [0.717, 1.165) is 12.9 Å². The maximum atomic E-state index is 11.9. The smallest absolute Gasteiger partial charge is 0.348 e. The summed E-state index contributed by atoms with van der Waals surface area (Å²) in [7, 11) is 1.59. The number of carbonyl (C=O) groups excluding carboxylic acids is 2. The maximum absolute atomic E-state index is 11.9. The first-order valence-corrected chi connectivity index (χ1v) is 8.10. The van der Waals surface area contributed by atoms with E-state index in [9.17, 15) is 9.59 Å². The molecular formula is C14H12I2O5. The molecule has 1 aromatic rings. The van der Waals surface area contributed by atoms with Gasteiger partial charge in [0, 0.05) is 13.8 Å². The van der Waals surface area contributed by atoms with Crippen molar-refractivity contribution in [1.29, 1.82) is 0 Å². The molecule has 1 aliphatic heterocycles. The Kier molecular flexibility index (Phi) is 4.81. The van der Waals surface area contributed by atoms with E-state index in [1.54, 1.807) is 7.11 Å². The quantitative estimate of drug-likeness (QED) is 0.263. The Morgan fingerprint density at radius 2 is 1.57 bits per heavy atom. The Hall–Kier alpha value is -0.840. The van der Waals surface area contributed by atoms with Crippen molar-refractivity contribution in [3.8, 4) is 5.75 Å². The van der Waals surface area contributed by atoms with Crippen molar-refractivity contribution >= 4 is 63.2 Å². The molecule has 1 aromatic carbocycles. The van der Waals surface area contributed by atoms with Crippen LogP contribution in [-0.2, 0) is 19.1 Å². The van der Waals surface area contributed by atoms with E-state index in [1.807, 2.05) is 12.1 Å². The first-order valence-electron chi connectivity index (χ1n) is 5.95. The van der Waals surface area contributed by atoms with Gasteiger partial charge in [-0.15, -0.1) is 0 Å². The van der Waals surface area contributed by atoms with Crippen molar-refractivity contribution in [2.75, 3.05) is 7.11 Å². The molecule has 0 spiro atoms. The van der Waals surface area contributed by atoms with Crippen LogP contribution < -0.4 is 4.74 Å². The molecule has 0 aliphatic carbocycles. The minimum Gasteiger partial charge on any atom is -0.495 e. The normalized spacial score (nSPS) is 17.1. The number of methoxy groups -OCH3 is 1. The van der Waals surface area contributed by atoms with Crippen molar-refractivity contribution in [3.05, 3.63) is 30.4 Å². The summed E-state index contributed by atoms with van der Waals surface area (Å²) in [5, 5.41) is 0. The van der Waals surface area contributed by atoms with E-state index in [-0.39, 0.29) is 5.57 Å². The minimum atomic E-state index is -1.23. The fraction of sp³-hybridized carbons (Fsp3) is 0.286. The van der Waals surface area contributed by atoms with Crippen molar-refractivity contribution in [2.45, 2.75) is 19.6 Å². The van der Waals surface area contributed by atoms with Crippen molar-refractivity contribution in [3.63, 3.8) is 0 Å². The van der Waals surface area contributed by atoms with Gasteiger partial charge < -0.3 is 14.2 Å². The van der Waals surface area contributed by atoms with Gasteiger partial charge in [-0.1, -0.05) is 0 Å². The Bertz CT molecular complexity index is 604. The van der Waals surface area contributed by atoms with Crippen LogP contribution in [0, 0.1) is 7.14 Å². The maximum Gasteiger partial charge on any atom is 0.348 e. The first-order chi connectivity index (χ1) is 9.73. The van der Waals surface area contributed by atoms with Gasteiger partial charge in [-0.2, -0.15) is 0 Å². The third kappa shape index (κ3) is 3.68. The first kappa shape index (κ1) is 16.5. The molecule has 0 amide bonds. The Morgan fingerprint density at radius 3 is 2.00 bits per heavy atom. The zero-order valence-corrected chi connectivity index (χ0v) is 15.8. The van der Waals surface area contributed by atoms with Gasteiger partial charge in [0.05, 0.1) is 14.3 Å². The van der Waals surface area contributed by atoms with Gasteiger partial charge in [0.1, 0.15) is 11.3 Å². The topological polar surface area (TPSA) is 61.8 Å². The van der Waals surface area contributed by atoms with Crippen LogP contribution in [0.15, 0.2) is 17.7 Å². The monoisotopic (exact) mass is 514 g/mol. The largest absolute Gasteiger partial charge is 0.495 e. The molecule has 1 aliphatic rings. The molecule has 0 aromatic heterocycles.